The molecule has 0 saturated carbocycles. The van der Waals surface area contributed by atoms with Crippen molar-refractivity contribution in [2.75, 3.05) is 39.4 Å². The molecule has 6 nitrogen and oxygen atoms in total. The van der Waals surface area contributed by atoms with Crippen molar-refractivity contribution in [3.63, 3.8) is 0 Å². The lowest BCUT2D eigenvalue weighted by Crippen LogP contribution is -3.14. The highest BCUT2D eigenvalue weighted by Gasteiger charge is 2.43. The molecule has 0 radical (unpaired) electrons. The van der Waals surface area contributed by atoms with Crippen LogP contribution in [0.4, 0.5) is 0 Å². The molecule has 7 heteroatoms. The summed E-state index contributed by atoms with van der Waals surface area (Å²) in [5.41, 5.74) is 1.55. The Morgan fingerprint density at radius 2 is 1.77 bits per heavy atom. The van der Waals surface area contributed by atoms with Crippen LogP contribution in [-0.4, -0.2) is 50.2 Å². The Bertz CT molecular complexity index is 1150. The number of amides is 1. The first-order valence-corrected chi connectivity index (χ1v) is 10.5. The number of benzene rings is 2. The third-order valence-electron chi connectivity index (χ3n) is 5.97. The lowest BCUT2D eigenvalue weighted by Gasteiger charge is -2.29. The minimum absolute atomic E-state index is 0.149. The van der Waals surface area contributed by atoms with Gasteiger partial charge in [0.2, 0.25) is 5.76 Å². The number of carbonyl (C=O) groups is 1. The van der Waals surface area contributed by atoms with Gasteiger partial charge in [-0.25, -0.2) is 0 Å². The van der Waals surface area contributed by atoms with Gasteiger partial charge in [0.15, 0.2) is 5.43 Å². The van der Waals surface area contributed by atoms with E-state index in [4.69, 9.17) is 20.8 Å². The van der Waals surface area contributed by atoms with Crippen molar-refractivity contribution in [3.05, 3.63) is 80.7 Å². The van der Waals surface area contributed by atoms with E-state index in [9.17, 15) is 9.59 Å². The maximum atomic E-state index is 13.4. The van der Waals surface area contributed by atoms with Gasteiger partial charge in [-0.15, -0.1) is 0 Å². The van der Waals surface area contributed by atoms with Gasteiger partial charge in [-0.1, -0.05) is 35.9 Å². The Kier molecular flexibility index (Phi) is 5.06. The van der Waals surface area contributed by atoms with Crippen molar-refractivity contribution >= 4 is 28.5 Å². The normalized spacial score (nSPS) is 19.4. The highest BCUT2D eigenvalue weighted by molar-refractivity contribution is 6.30. The fourth-order valence-electron chi connectivity index (χ4n) is 4.38. The number of rotatable bonds is 4. The van der Waals surface area contributed by atoms with E-state index in [0.29, 0.717) is 28.1 Å². The third kappa shape index (κ3) is 3.31. The summed E-state index contributed by atoms with van der Waals surface area (Å²) >= 11 is 6.08. The van der Waals surface area contributed by atoms with Crippen molar-refractivity contribution in [1.29, 1.82) is 0 Å². The number of carbonyl (C=O) groups excluding carboxylic acids is 1. The minimum atomic E-state index is -0.480. The average Bonchev–Trinajstić information content (AvgIpc) is 3.06. The first-order valence-electron chi connectivity index (χ1n) is 10.2. The van der Waals surface area contributed by atoms with Gasteiger partial charge in [-0.05, 0) is 29.8 Å². The molecule has 1 atom stereocenters. The number of halogens is 1. The number of quaternary nitrogens is 1. The van der Waals surface area contributed by atoms with Crippen molar-refractivity contribution in [3.8, 4) is 0 Å². The van der Waals surface area contributed by atoms with E-state index in [2.05, 4.69) is 0 Å². The summed E-state index contributed by atoms with van der Waals surface area (Å²) in [5, 5.41) is 1.10. The number of hydrogen-bond donors (Lipinski definition) is 1. The molecule has 1 fully saturated rings. The fourth-order valence-corrected chi connectivity index (χ4v) is 4.50. The Hall–Kier alpha value is -2.67. The summed E-state index contributed by atoms with van der Waals surface area (Å²) in [4.78, 5) is 29.9. The van der Waals surface area contributed by atoms with Crippen LogP contribution < -0.4 is 10.3 Å². The predicted octanol–water partition coefficient (Wildman–Crippen LogP) is 1.91. The number of ether oxygens (including phenoxy) is 1. The molecule has 1 amide bonds. The molecule has 2 aliphatic rings. The molecule has 1 saturated heterocycles. The van der Waals surface area contributed by atoms with E-state index >= 15 is 0 Å². The van der Waals surface area contributed by atoms with Crippen LogP contribution in [-0.2, 0) is 4.74 Å². The van der Waals surface area contributed by atoms with Crippen LogP contribution in [0.1, 0.15) is 27.7 Å². The van der Waals surface area contributed by atoms with Crippen molar-refractivity contribution in [1.82, 2.24) is 4.90 Å². The molecular weight excluding hydrogens is 404 g/mol. The van der Waals surface area contributed by atoms with E-state index in [1.54, 1.807) is 41.3 Å². The van der Waals surface area contributed by atoms with E-state index in [1.165, 1.54) is 4.90 Å². The Labute approximate surface area is 178 Å². The first kappa shape index (κ1) is 19.3. The summed E-state index contributed by atoms with van der Waals surface area (Å²) in [6.07, 6.45) is 0. The van der Waals surface area contributed by atoms with Crippen molar-refractivity contribution in [2.45, 2.75) is 6.04 Å². The quantitative estimate of drug-likeness (QED) is 0.693. The van der Waals surface area contributed by atoms with Crippen molar-refractivity contribution < 1.29 is 18.8 Å². The number of fused-ring (bicyclic) bond motifs is 2. The summed E-state index contributed by atoms with van der Waals surface area (Å²) in [7, 11) is 0. The van der Waals surface area contributed by atoms with Gasteiger partial charge in [0.25, 0.3) is 5.91 Å². The molecule has 2 aliphatic heterocycles. The van der Waals surface area contributed by atoms with Gasteiger partial charge < -0.3 is 19.0 Å². The van der Waals surface area contributed by atoms with Crippen LogP contribution in [0, 0.1) is 0 Å². The molecule has 3 heterocycles. The number of nitrogens with one attached hydrogen (secondary N) is 1. The highest BCUT2D eigenvalue weighted by Crippen LogP contribution is 2.38. The molecular formula is C23H22ClN2O4+. The van der Waals surface area contributed by atoms with Crippen LogP contribution in [0.5, 0.6) is 0 Å². The van der Waals surface area contributed by atoms with Gasteiger partial charge in [-0.2, -0.15) is 0 Å². The number of morpholine rings is 1. The summed E-state index contributed by atoms with van der Waals surface area (Å²) < 4.78 is 11.4. The van der Waals surface area contributed by atoms with E-state index in [1.807, 2.05) is 12.1 Å². The SMILES string of the molecule is O=C1c2oc3ccccc3c(=O)c2[C@H](c2ccc(Cl)cc2)N1CC[NH+]1CCOCC1. The molecule has 1 aromatic heterocycles. The molecule has 30 heavy (non-hydrogen) atoms. The second-order valence-electron chi connectivity index (χ2n) is 7.74. The number of nitrogens with zero attached hydrogens (tertiary/aromatic N) is 1. The highest BCUT2D eigenvalue weighted by atomic mass is 35.5. The maximum absolute atomic E-state index is 13.4. The second kappa shape index (κ2) is 7.87. The van der Waals surface area contributed by atoms with Gasteiger partial charge in [0.05, 0.1) is 43.3 Å². The average molecular weight is 426 g/mol. The van der Waals surface area contributed by atoms with Gasteiger partial charge in [0.1, 0.15) is 18.7 Å². The molecule has 0 unspecified atom stereocenters. The smallest absolute Gasteiger partial charge is 0.291 e. The topological polar surface area (TPSA) is 64.2 Å². The van der Waals surface area contributed by atoms with Crippen LogP contribution in [0.2, 0.25) is 5.02 Å². The largest absolute Gasteiger partial charge is 0.450 e. The maximum Gasteiger partial charge on any atom is 0.291 e. The summed E-state index contributed by atoms with van der Waals surface area (Å²) in [5.74, 6) is -0.0870. The second-order valence-corrected chi connectivity index (χ2v) is 8.17. The summed E-state index contributed by atoms with van der Waals surface area (Å²) in [6, 6.07) is 13.9. The zero-order valence-electron chi connectivity index (χ0n) is 16.4. The van der Waals surface area contributed by atoms with Crippen LogP contribution in [0.25, 0.3) is 11.0 Å². The fraction of sp³-hybridized carbons (Fsp3) is 0.304. The zero-order chi connectivity index (χ0) is 20.7. The summed E-state index contributed by atoms with van der Waals surface area (Å²) in [6.45, 7) is 4.62. The van der Waals surface area contributed by atoms with Gasteiger partial charge >= 0.3 is 0 Å². The molecule has 154 valence electrons. The van der Waals surface area contributed by atoms with E-state index in [0.717, 1.165) is 38.4 Å². The molecule has 0 aliphatic carbocycles. The Morgan fingerprint density at radius 1 is 1.03 bits per heavy atom. The lowest BCUT2D eigenvalue weighted by atomic mass is 9.98. The predicted molar refractivity (Wildman–Crippen MR) is 113 cm³/mol. The van der Waals surface area contributed by atoms with Gasteiger partial charge in [-0.3, -0.25) is 9.59 Å². The van der Waals surface area contributed by atoms with Crippen LogP contribution in [0.15, 0.2) is 57.7 Å². The molecule has 0 spiro atoms. The Morgan fingerprint density at radius 3 is 2.53 bits per heavy atom. The zero-order valence-corrected chi connectivity index (χ0v) is 17.2. The number of para-hydroxylation sites is 1. The van der Waals surface area contributed by atoms with Crippen molar-refractivity contribution in [2.24, 2.45) is 0 Å². The van der Waals surface area contributed by atoms with E-state index in [-0.39, 0.29) is 17.1 Å². The molecule has 5 rings (SSSR count). The van der Waals surface area contributed by atoms with E-state index < -0.39 is 6.04 Å². The molecule has 3 aromatic rings. The monoisotopic (exact) mass is 425 g/mol. The van der Waals surface area contributed by atoms with Gasteiger partial charge in [0, 0.05) is 5.02 Å². The first-order chi connectivity index (χ1) is 14.6. The minimum Gasteiger partial charge on any atom is -0.450 e. The molecule has 2 aromatic carbocycles. The molecule has 1 N–H and O–H groups in total. The molecule has 0 bridgehead atoms. The lowest BCUT2D eigenvalue weighted by molar-refractivity contribution is -0.907. The standard InChI is InChI=1S/C23H21ClN2O4/c24-16-7-5-15(6-8-16)20-19-21(27)17-3-1-2-4-18(17)30-22(19)23(28)26(20)10-9-25-11-13-29-14-12-25/h1-8,20H,9-14H2/p+1/t20-/m0/s1. The third-order valence-corrected chi connectivity index (χ3v) is 6.22. The number of hydrogen-bond acceptors (Lipinski definition) is 4. The Balaban J connectivity index is 1.59. The van der Waals surface area contributed by atoms with Crippen LogP contribution in [0.3, 0.4) is 0 Å². The van der Waals surface area contributed by atoms with Crippen LogP contribution >= 0.6 is 11.6 Å².